The van der Waals surface area contributed by atoms with Crippen LogP contribution >= 0.6 is 0 Å². The average molecular weight is 326 g/mol. The monoisotopic (exact) mass is 326 g/mol. The molecule has 0 heterocycles. The summed E-state index contributed by atoms with van der Waals surface area (Å²) in [6, 6.07) is 3.39. The molecule has 3 N–H and O–H groups in total. The number of benzene rings is 1. The van der Waals surface area contributed by atoms with E-state index in [0.717, 1.165) is 24.5 Å². The van der Waals surface area contributed by atoms with Gasteiger partial charge in [-0.3, -0.25) is 4.79 Å². The van der Waals surface area contributed by atoms with E-state index in [0.29, 0.717) is 18.3 Å². The van der Waals surface area contributed by atoms with Gasteiger partial charge in [-0.15, -0.1) is 0 Å². The van der Waals surface area contributed by atoms with Crippen molar-refractivity contribution in [2.45, 2.75) is 37.0 Å². The maximum absolute atomic E-state index is 13.5. The van der Waals surface area contributed by atoms with Crippen LogP contribution in [0.15, 0.2) is 23.1 Å². The first kappa shape index (κ1) is 15.4. The summed E-state index contributed by atoms with van der Waals surface area (Å²) in [4.78, 5) is 11.5. The van der Waals surface area contributed by atoms with Gasteiger partial charge in [0.15, 0.2) is 0 Å². The second-order valence-electron chi connectivity index (χ2n) is 6.38. The Morgan fingerprint density at radius 1 is 1.32 bits per heavy atom. The number of halogens is 1. The second-order valence-corrected chi connectivity index (χ2v) is 7.91. The Hall–Kier alpha value is -1.47. The van der Waals surface area contributed by atoms with E-state index < -0.39 is 20.7 Å². The van der Waals surface area contributed by atoms with Gasteiger partial charge in [-0.25, -0.2) is 17.9 Å². The van der Waals surface area contributed by atoms with Gasteiger partial charge in [-0.2, -0.15) is 0 Å². The molecule has 22 heavy (non-hydrogen) atoms. The van der Waals surface area contributed by atoms with Crippen molar-refractivity contribution in [3.8, 4) is 0 Å². The minimum Gasteiger partial charge on any atom is -0.326 e. The predicted molar refractivity (Wildman–Crippen MR) is 80.0 cm³/mol. The highest BCUT2D eigenvalue weighted by atomic mass is 32.2. The third kappa shape index (κ3) is 3.15. The number of hydrogen-bond acceptors (Lipinski definition) is 3. The van der Waals surface area contributed by atoms with Gasteiger partial charge < -0.3 is 5.32 Å². The molecular formula is C15H19FN2O3S. The van der Waals surface area contributed by atoms with E-state index >= 15 is 0 Å². The van der Waals surface area contributed by atoms with Crippen LogP contribution in [0.1, 0.15) is 32.1 Å². The van der Waals surface area contributed by atoms with E-state index in [2.05, 4.69) is 5.32 Å². The molecule has 1 aromatic carbocycles. The lowest BCUT2D eigenvalue weighted by Gasteiger charge is -2.21. The molecule has 2 aliphatic carbocycles. The SMILES string of the molecule is NS(=O)(=O)c1cc(NC(=O)CC2CC3CCC2C3)ccc1F. The second kappa shape index (κ2) is 5.62. The topological polar surface area (TPSA) is 89.3 Å². The van der Waals surface area contributed by atoms with Crippen LogP contribution in [0, 0.1) is 23.6 Å². The molecule has 2 fully saturated rings. The van der Waals surface area contributed by atoms with Crippen LogP contribution < -0.4 is 10.5 Å². The van der Waals surface area contributed by atoms with Crippen molar-refractivity contribution < 1.29 is 17.6 Å². The average Bonchev–Trinajstić information content (AvgIpc) is 3.02. The first-order valence-corrected chi connectivity index (χ1v) is 9.00. The van der Waals surface area contributed by atoms with Crippen molar-refractivity contribution in [3.05, 3.63) is 24.0 Å². The fourth-order valence-corrected chi connectivity index (χ4v) is 4.51. The summed E-state index contributed by atoms with van der Waals surface area (Å²) in [5.41, 5.74) is 0.249. The number of rotatable bonds is 4. The molecule has 0 spiro atoms. The van der Waals surface area contributed by atoms with Gasteiger partial charge in [0.25, 0.3) is 0 Å². The van der Waals surface area contributed by atoms with Gasteiger partial charge in [0.1, 0.15) is 10.7 Å². The number of anilines is 1. The van der Waals surface area contributed by atoms with E-state index in [4.69, 9.17) is 5.14 Å². The van der Waals surface area contributed by atoms with Gasteiger partial charge in [0.2, 0.25) is 15.9 Å². The maximum atomic E-state index is 13.5. The van der Waals surface area contributed by atoms with Crippen molar-refractivity contribution in [3.63, 3.8) is 0 Å². The molecule has 1 aromatic rings. The number of nitrogens with one attached hydrogen (secondary N) is 1. The number of fused-ring (bicyclic) bond motifs is 2. The Labute approximate surface area is 129 Å². The summed E-state index contributed by atoms with van der Waals surface area (Å²) in [5.74, 6) is 0.738. The van der Waals surface area contributed by atoms with Crippen molar-refractivity contribution in [1.29, 1.82) is 0 Å². The van der Waals surface area contributed by atoms with Crippen LogP contribution in [0.2, 0.25) is 0 Å². The largest absolute Gasteiger partial charge is 0.326 e. The molecule has 2 bridgehead atoms. The van der Waals surface area contributed by atoms with Gasteiger partial charge in [0, 0.05) is 12.1 Å². The van der Waals surface area contributed by atoms with Crippen LogP contribution in [0.5, 0.6) is 0 Å². The van der Waals surface area contributed by atoms with Gasteiger partial charge in [-0.05, 0) is 55.2 Å². The molecule has 120 valence electrons. The quantitative estimate of drug-likeness (QED) is 0.889. The molecule has 3 unspecified atom stereocenters. The molecule has 0 saturated heterocycles. The molecule has 1 amide bonds. The van der Waals surface area contributed by atoms with E-state index in [9.17, 15) is 17.6 Å². The first-order chi connectivity index (χ1) is 10.3. The zero-order chi connectivity index (χ0) is 15.9. The highest BCUT2D eigenvalue weighted by Crippen LogP contribution is 2.49. The molecule has 0 aliphatic heterocycles. The number of nitrogens with two attached hydrogens (primary N) is 1. The van der Waals surface area contributed by atoms with Crippen molar-refractivity contribution >= 4 is 21.6 Å². The van der Waals surface area contributed by atoms with Crippen LogP contribution in [0.4, 0.5) is 10.1 Å². The summed E-state index contributed by atoms with van der Waals surface area (Å²) < 4.78 is 36.0. The molecule has 3 atom stereocenters. The zero-order valence-electron chi connectivity index (χ0n) is 12.1. The van der Waals surface area contributed by atoms with E-state index in [1.54, 1.807) is 0 Å². The van der Waals surface area contributed by atoms with Crippen molar-refractivity contribution in [1.82, 2.24) is 0 Å². The van der Waals surface area contributed by atoms with Crippen LogP contribution in [0.25, 0.3) is 0 Å². The Morgan fingerprint density at radius 2 is 2.09 bits per heavy atom. The lowest BCUT2D eigenvalue weighted by Crippen LogP contribution is -2.21. The summed E-state index contributed by atoms with van der Waals surface area (Å²) >= 11 is 0. The molecule has 2 saturated carbocycles. The van der Waals surface area contributed by atoms with Gasteiger partial charge in [-0.1, -0.05) is 6.42 Å². The fourth-order valence-electron chi connectivity index (χ4n) is 3.88. The summed E-state index contributed by atoms with van der Waals surface area (Å²) in [7, 11) is -4.15. The maximum Gasteiger partial charge on any atom is 0.241 e. The summed E-state index contributed by atoms with van der Waals surface area (Å²) in [6.45, 7) is 0. The van der Waals surface area contributed by atoms with Gasteiger partial charge in [0.05, 0.1) is 0 Å². The highest BCUT2D eigenvalue weighted by Gasteiger charge is 2.40. The number of carbonyl (C=O) groups is 1. The molecule has 3 rings (SSSR count). The lowest BCUT2D eigenvalue weighted by molar-refractivity contribution is -0.117. The number of amides is 1. The van der Waals surface area contributed by atoms with Crippen molar-refractivity contribution in [2.75, 3.05) is 5.32 Å². The Balaban J connectivity index is 1.67. The van der Waals surface area contributed by atoms with E-state index in [1.165, 1.54) is 25.3 Å². The minimum absolute atomic E-state index is 0.162. The normalized spacial score (nSPS) is 27.1. The van der Waals surface area contributed by atoms with Crippen LogP contribution in [-0.2, 0) is 14.8 Å². The third-order valence-electron chi connectivity index (χ3n) is 4.85. The first-order valence-electron chi connectivity index (χ1n) is 7.45. The number of sulfonamides is 1. The Morgan fingerprint density at radius 3 is 2.68 bits per heavy atom. The molecule has 7 heteroatoms. The number of primary sulfonamides is 1. The Kier molecular flexibility index (Phi) is 3.94. The molecule has 0 aromatic heterocycles. The minimum atomic E-state index is -4.15. The third-order valence-corrected chi connectivity index (χ3v) is 5.78. The van der Waals surface area contributed by atoms with Gasteiger partial charge >= 0.3 is 0 Å². The van der Waals surface area contributed by atoms with Crippen molar-refractivity contribution in [2.24, 2.45) is 22.9 Å². The standard InChI is InChI=1S/C15H19FN2O3S/c16-13-4-3-12(8-14(13)22(17,20)21)18-15(19)7-11-6-9-1-2-10(11)5-9/h3-4,8-11H,1-2,5-7H2,(H,18,19)(H2,17,20,21). The molecular weight excluding hydrogens is 307 g/mol. The zero-order valence-corrected chi connectivity index (χ0v) is 12.9. The fraction of sp³-hybridized carbons (Fsp3) is 0.533. The summed E-state index contributed by atoms with van der Waals surface area (Å²) in [5, 5.41) is 7.59. The van der Waals surface area contributed by atoms with Crippen LogP contribution in [0.3, 0.4) is 0 Å². The Bertz CT molecular complexity index is 705. The smallest absolute Gasteiger partial charge is 0.241 e. The van der Waals surface area contributed by atoms with E-state index in [-0.39, 0.29) is 11.6 Å². The number of carbonyl (C=O) groups excluding carboxylic acids is 1. The lowest BCUT2D eigenvalue weighted by atomic mass is 9.86. The van der Waals surface area contributed by atoms with Crippen LogP contribution in [-0.4, -0.2) is 14.3 Å². The molecule has 0 radical (unpaired) electrons. The molecule has 2 aliphatic rings. The number of hydrogen-bond donors (Lipinski definition) is 2. The summed E-state index contributed by atoms with van der Waals surface area (Å²) in [6.07, 6.45) is 5.24. The predicted octanol–water partition coefficient (Wildman–Crippen LogP) is 2.24. The molecule has 5 nitrogen and oxygen atoms in total. The highest BCUT2D eigenvalue weighted by molar-refractivity contribution is 7.89. The van der Waals surface area contributed by atoms with E-state index in [1.807, 2.05) is 0 Å².